The predicted octanol–water partition coefficient (Wildman–Crippen LogP) is 3.08. The second-order valence-corrected chi connectivity index (χ2v) is 4.95. The van der Waals surface area contributed by atoms with E-state index in [1.165, 1.54) is 12.8 Å². The first kappa shape index (κ1) is 12.8. The molecule has 4 heteroatoms. The molecule has 1 aromatic carbocycles. The normalized spacial score (nSPS) is 14.0. The van der Waals surface area contributed by atoms with E-state index in [2.05, 4.69) is 11.4 Å². The van der Waals surface area contributed by atoms with E-state index < -0.39 is 0 Å². The fraction of sp³-hybridized carbons (Fsp3) is 0.312. The van der Waals surface area contributed by atoms with Crippen LogP contribution in [0.5, 0.6) is 5.75 Å². The van der Waals surface area contributed by atoms with Crippen LogP contribution in [0.15, 0.2) is 34.7 Å². The fourth-order valence-corrected chi connectivity index (χ4v) is 2.12. The average molecular weight is 268 g/mol. The van der Waals surface area contributed by atoms with Crippen molar-refractivity contribution in [3.63, 3.8) is 0 Å². The highest BCUT2D eigenvalue weighted by atomic mass is 16.5. The first-order valence-corrected chi connectivity index (χ1v) is 6.71. The number of ether oxygens (including phenoxy) is 1. The van der Waals surface area contributed by atoms with Crippen LogP contribution in [-0.4, -0.2) is 13.2 Å². The van der Waals surface area contributed by atoms with Gasteiger partial charge < -0.3 is 14.5 Å². The van der Waals surface area contributed by atoms with Crippen molar-refractivity contribution in [1.82, 2.24) is 5.32 Å². The van der Waals surface area contributed by atoms with Crippen LogP contribution in [0.4, 0.5) is 0 Å². The van der Waals surface area contributed by atoms with Crippen LogP contribution in [0.25, 0.3) is 11.3 Å². The van der Waals surface area contributed by atoms with E-state index >= 15 is 0 Å². The van der Waals surface area contributed by atoms with Crippen LogP contribution < -0.4 is 10.1 Å². The van der Waals surface area contributed by atoms with Crippen LogP contribution in [-0.2, 0) is 6.54 Å². The molecule has 1 N–H and O–H groups in total. The molecule has 0 radical (unpaired) electrons. The van der Waals surface area contributed by atoms with Gasteiger partial charge in [0.1, 0.15) is 17.3 Å². The molecule has 0 amide bonds. The van der Waals surface area contributed by atoms with Crippen LogP contribution in [0.1, 0.15) is 24.2 Å². The van der Waals surface area contributed by atoms with Gasteiger partial charge in [-0.3, -0.25) is 0 Å². The van der Waals surface area contributed by atoms with Crippen molar-refractivity contribution in [1.29, 1.82) is 5.26 Å². The first-order valence-electron chi connectivity index (χ1n) is 6.71. The standard InChI is InChI=1S/C16H16N2O2/c1-19-15-6-2-11(9-17)8-14(15)16-7-5-13(20-16)10-18-12-3-4-12/h2,5-8,12,18H,3-4,10H2,1H3. The third-order valence-electron chi connectivity index (χ3n) is 3.40. The Morgan fingerprint density at radius 1 is 1.35 bits per heavy atom. The summed E-state index contributed by atoms with van der Waals surface area (Å²) in [6.07, 6.45) is 2.51. The van der Waals surface area contributed by atoms with E-state index in [-0.39, 0.29) is 0 Å². The topological polar surface area (TPSA) is 58.2 Å². The van der Waals surface area contributed by atoms with Crippen molar-refractivity contribution in [3.05, 3.63) is 41.7 Å². The lowest BCUT2D eigenvalue weighted by atomic mass is 10.1. The molecule has 0 aliphatic heterocycles. The Morgan fingerprint density at radius 2 is 2.20 bits per heavy atom. The van der Waals surface area contributed by atoms with Gasteiger partial charge in [-0.05, 0) is 43.2 Å². The Kier molecular flexibility index (Phi) is 3.44. The molecule has 1 heterocycles. The maximum absolute atomic E-state index is 9.00. The molecular formula is C16H16N2O2. The smallest absolute Gasteiger partial charge is 0.138 e. The molecule has 20 heavy (non-hydrogen) atoms. The Hall–Kier alpha value is -2.25. The zero-order chi connectivity index (χ0) is 13.9. The molecule has 0 spiro atoms. The van der Waals surface area contributed by atoms with Gasteiger partial charge in [-0.25, -0.2) is 0 Å². The first-order chi connectivity index (χ1) is 9.80. The number of hydrogen-bond acceptors (Lipinski definition) is 4. The summed E-state index contributed by atoms with van der Waals surface area (Å²) in [7, 11) is 1.61. The minimum Gasteiger partial charge on any atom is -0.496 e. The van der Waals surface area contributed by atoms with Crippen molar-refractivity contribution in [2.75, 3.05) is 7.11 Å². The molecule has 4 nitrogen and oxygen atoms in total. The van der Waals surface area contributed by atoms with Gasteiger partial charge in [0.05, 0.1) is 30.9 Å². The summed E-state index contributed by atoms with van der Waals surface area (Å²) in [6, 6.07) is 12.0. The molecule has 1 saturated carbocycles. The molecular weight excluding hydrogens is 252 g/mol. The minimum atomic E-state index is 0.592. The molecule has 3 rings (SSSR count). The molecule has 0 unspecified atom stereocenters. The van der Waals surface area contributed by atoms with E-state index in [9.17, 15) is 0 Å². The molecule has 102 valence electrons. The average Bonchev–Trinajstić information content (AvgIpc) is 3.21. The maximum Gasteiger partial charge on any atom is 0.138 e. The minimum absolute atomic E-state index is 0.592. The lowest BCUT2D eigenvalue weighted by molar-refractivity contribution is 0.413. The Morgan fingerprint density at radius 3 is 2.90 bits per heavy atom. The van der Waals surface area contributed by atoms with E-state index in [1.807, 2.05) is 12.1 Å². The highest BCUT2D eigenvalue weighted by Crippen LogP contribution is 2.32. The van der Waals surface area contributed by atoms with E-state index in [4.69, 9.17) is 14.4 Å². The molecule has 0 atom stereocenters. The second kappa shape index (κ2) is 5.40. The zero-order valence-corrected chi connectivity index (χ0v) is 11.3. The second-order valence-electron chi connectivity index (χ2n) is 4.95. The molecule has 0 bridgehead atoms. The molecule has 1 aliphatic rings. The third-order valence-corrected chi connectivity index (χ3v) is 3.40. The summed E-state index contributed by atoms with van der Waals surface area (Å²) < 4.78 is 11.2. The SMILES string of the molecule is COc1ccc(C#N)cc1-c1ccc(CNC2CC2)o1. The third kappa shape index (κ3) is 2.68. The quantitative estimate of drug-likeness (QED) is 0.905. The molecule has 1 aromatic heterocycles. The summed E-state index contributed by atoms with van der Waals surface area (Å²) in [5, 5.41) is 12.4. The van der Waals surface area contributed by atoms with Gasteiger partial charge in [-0.1, -0.05) is 0 Å². The number of nitriles is 1. The van der Waals surface area contributed by atoms with Gasteiger partial charge in [0.15, 0.2) is 0 Å². The number of benzene rings is 1. The number of furan rings is 1. The van der Waals surface area contributed by atoms with Crippen LogP contribution in [0, 0.1) is 11.3 Å². The van der Waals surface area contributed by atoms with E-state index in [1.54, 1.807) is 25.3 Å². The summed E-state index contributed by atoms with van der Waals surface area (Å²) in [5.41, 5.74) is 1.40. The molecule has 0 saturated heterocycles. The number of nitrogens with zero attached hydrogens (tertiary/aromatic N) is 1. The van der Waals surface area contributed by atoms with Gasteiger partial charge in [-0.2, -0.15) is 5.26 Å². The summed E-state index contributed by atoms with van der Waals surface area (Å²) in [5.74, 6) is 2.34. The van der Waals surface area contributed by atoms with Crippen molar-refractivity contribution in [2.24, 2.45) is 0 Å². The van der Waals surface area contributed by atoms with Crippen molar-refractivity contribution >= 4 is 0 Å². The molecule has 2 aromatic rings. The van der Waals surface area contributed by atoms with Crippen molar-refractivity contribution < 1.29 is 9.15 Å². The Balaban J connectivity index is 1.85. The van der Waals surface area contributed by atoms with Crippen LogP contribution >= 0.6 is 0 Å². The van der Waals surface area contributed by atoms with Crippen molar-refractivity contribution in [2.45, 2.75) is 25.4 Å². The number of nitrogens with one attached hydrogen (secondary N) is 1. The van der Waals surface area contributed by atoms with E-state index in [0.717, 1.165) is 23.6 Å². The number of hydrogen-bond donors (Lipinski definition) is 1. The number of rotatable bonds is 5. The Bertz CT molecular complexity index is 651. The lowest BCUT2D eigenvalue weighted by Crippen LogP contribution is -2.14. The molecule has 1 fully saturated rings. The van der Waals surface area contributed by atoms with Gasteiger partial charge in [0, 0.05) is 6.04 Å². The summed E-state index contributed by atoms with van der Waals surface area (Å²) in [6.45, 7) is 0.741. The van der Waals surface area contributed by atoms with Crippen LogP contribution in [0.3, 0.4) is 0 Å². The van der Waals surface area contributed by atoms with Gasteiger partial charge >= 0.3 is 0 Å². The van der Waals surface area contributed by atoms with Crippen LogP contribution in [0.2, 0.25) is 0 Å². The Labute approximate surface area is 118 Å². The maximum atomic E-state index is 9.00. The van der Waals surface area contributed by atoms with Gasteiger partial charge in [0.2, 0.25) is 0 Å². The largest absolute Gasteiger partial charge is 0.496 e. The summed E-state index contributed by atoms with van der Waals surface area (Å²) >= 11 is 0. The monoisotopic (exact) mass is 268 g/mol. The van der Waals surface area contributed by atoms with E-state index in [0.29, 0.717) is 17.4 Å². The molecule has 1 aliphatic carbocycles. The summed E-state index contributed by atoms with van der Waals surface area (Å²) in [4.78, 5) is 0. The van der Waals surface area contributed by atoms with Crippen molar-refractivity contribution in [3.8, 4) is 23.1 Å². The zero-order valence-electron chi connectivity index (χ0n) is 11.3. The lowest BCUT2D eigenvalue weighted by Gasteiger charge is -2.06. The van der Waals surface area contributed by atoms with Gasteiger partial charge in [0.25, 0.3) is 0 Å². The fourth-order valence-electron chi connectivity index (χ4n) is 2.12. The predicted molar refractivity (Wildman–Crippen MR) is 75.3 cm³/mol. The van der Waals surface area contributed by atoms with Gasteiger partial charge in [-0.15, -0.1) is 0 Å². The highest BCUT2D eigenvalue weighted by molar-refractivity contribution is 5.68. The highest BCUT2D eigenvalue weighted by Gasteiger charge is 2.20. The number of methoxy groups -OCH3 is 1.